The molecule has 2 N–H and O–H groups in total. The van der Waals surface area contributed by atoms with Crippen molar-refractivity contribution in [3.05, 3.63) is 0 Å². The number of alkyl halides is 3. The summed E-state index contributed by atoms with van der Waals surface area (Å²) in [6.45, 7) is 3.24. The third-order valence-corrected chi connectivity index (χ3v) is 5.48. The summed E-state index contributed by atoms with van der Waals surface area (Å²) in [5.41, 5.74) is 0. The number of ether oxygens (including phenoxy) is 1. The first kappa shape index (κ1) is 19.4. The fourth-order valence-electron chi connectivity index (χ4n) is 3.69. The van der Waals surface area contributed by atoms with E-state index in [0.29, 0.717) is 12.1 Å². The molecule has 4 fully saturated rings. The Morgan fingerprint density at radius 2 is 1.81 bits per heavy atom. The van der Waals surface area contributed by atoms with Crippen LogP contribution in [0.1, 0.15) is 38.5 Å². The van der Waals surface area contributed by atoms with Crippen LogP contribution in [-0.4, -0.2) is 65.9 Å². The van der Waals surface area contributed by atoms with Gasteiger partial charge in [-0.3, -0.25) is 9.69 Å². The predicted octanol–water partition coefficient (Wildman–Crippen LogP) is 1.79. The van der Waals surface area contributed by atoms with Gasteiger partial charge in [-0.15, -0.1) is 0 Å². The molecular formula is C17H25F3N2O4. The first-order valence-electron chi connectivity index (χ1n) is 9.20. The van der Waals surface area contributed by atoms with Gasteiger partial charge in [0.2, 0.25) is 5.91 Å². The van der Waals surface area contributed by atoms with E-state index < -0.39 is 12.1 Å². The number of carboxylic acid groups (broad SMARTS) is 1. The zero-order valence-corrected chi connectivity index (χ0v) is 14.5. The fourth-order valence-corrected chi connectivity index (χ4v) is 3.69. The van der Waals surface area contributed by atoms with Gasteiger partial charge in [0.15, 0.2) is 0 Å². The number of carboxylic acids is 1. The van der Waals surface area contributed by atoms with Crippen molar-refractivity contribution in [2.45, 2.75) is 63.0 Å². The second-order valence-electron chi connectivity index (χ2n) is 7.74. The van der Waals surface area contributed by atoms with E-state index in [4.69, 9.17) is 14.6 Å². The molecule has 26 heavy (non-hydrogen) atoms. The lowest BCUT2D eigenvalue weighted by Gasteiger charge is -2.33. The quantitative estimate of drug-likeness (QED) is 0.780. The number of halogens is 3. The highest BCUT2D eigenvalue weighted by atomic mass is 19.4. The third-order valence-electron chi connectivity index (χ3n) is 5.48. The highest BCUT2D eigenvalue weighted by molar-refractivity contribution is 5.80. The van der Waals surface area contributed by atoms with Gasteiger partial charge < -0.3 is 15.2 Å². The zero-order valence-electron chi connectivity index (χ0n) is 14.5. The molecule has 2 saturated carbocycles. The van der Waals surface area contributed by atoms with E-state index in [-0.39, 0.29) is 17.9 Å². The van der Waals surface area contributed by atoms with Crippen LogP contribution in [0.25, 0.3) is 0 Å². The minimum atomic E-state index is -5.08. The van der Waals surface area contributed by atoms with Crippen molar-refractivity contribution in [2.24, 2.45) is 11.8 Å². The summed E-state index contributed by atoms with van der Waals surface area (Å²) in [6.07, 6.45) is 2.71. The first-order valence-corrected chi connectivity index (χ1v) is 9.20. The summed E-state index contributed by atoms with van der Waals surface area (Å²) < 4.78 is 37.7. The van der Waals surface area contributed by atoms with E-state index in [9.17, 15) is 18.0 Å². The van der Waals surface area contributed by atoms with Gasteiger partial charge >= 0.3 is 12.1 Å². The lowest BCUT2D eigenvalue weighted by atomic mass is 9.91. The number of morpholine rings is 1. The normalized spacial score (nSPS) is 31.6. The number of likely N-dealkylation sites (tertiary alicyclic amines) is 1. The maximum Gasteiger partial charge on any atom is 0.490 e. The number of carbonyl (C=O) groups excluding carboxylic acids is 1. The Hall–Kier alpha value is -1.35. The third kappa shape index (κ3) is 5.09. The predicted molar refractivity (Wildman–Crippen MR) is 85.4 cm³/mol. The topological polar surface area (TPSA) is 78.9 Å². The number of amides is 1. The second-order valence-corrected chi connectivity index (χ2v) is 7.74. The van der Waals surface area contributed by atoms with Gasteiger partial charge in [0, 0.05) is 25.7 Å². The zero-order chi connectivity index (χ0) is 18.9. The van der Waals surface area contributed by atoms with Crippen molar-refractivity contribution < 1.29 is 32.6 Å². The van der Waals surface area contributed by atoms with Crippen LogP contribution in [0.4, 0.5) is 13.2 Å². The van der Waals surface area contributed by atoms with E-state index in [0.717, 1.165) is 25.4 Å². The Morgan fingerprint density at radius 1 is 1.15 bits per heavy atom. The fraction of sp³-hybridized carbons (Fsp3) is 0.882. The monoisotopic (exact) mass is 378 g/mol. The molecule has 6 nitrogen and oxygen atoms in total. The summed E-state index contributed by atoms with van der Waals surface area (Å²) in [5.74, 6) is -1.47. The number of carbonyl (C=O) groups is 2. The molecule has 1 amide bonds. The molecule has 2 saturated heterocycles. The van der Waals surface area contributed by atoms with Gasteiger partial charge in [-0.25, -0.2) is 4.79 Å². The Bertz CT molecular complexity index is 535. The van der Waals surface area contributed by atoms with Crippen LogP contribution >= 0.6 is 0 Å². The van der Waals surface area contributed by atoms with Crippen LogP contribution in [0.2, 0.25) is 0 Å². The van der Waals surface area contributed by atoms with Crippen LogP contribution in [0.3, 0.4) is 0 Å². The molecule has 0 unspecified atom stereocenters. The number of hydrogen-bond donors (Lipinski definition) is 2. The van der Waals surface area contributed by atoms with E-state index in [2.05, 4.69) is 10.2 Å². The van der Waals surface area contributed by atoms with Crippen LogP contribution in [0, 0.1) is 11.8 Å². The molecule has 2 aliphatic carbocycles. The van der Waals surface area contributed by atoms with Crippen LogP contribution < -0.4 is 5.32 Å². The molecule has 4 rings (SSSR count). The largest absolute Gasteiger partial charge is 0.490 e. The van der Waals surface area contributed by atoms with E-state index in [1.165, 1.54) is 38.6 Å². The van der Waals surface area contributed by atoms with Crippen molar-refractivity contribution in [1.82, 2.24) is 10.2 Å². The summed E-state index contributed by atoms with van der Waals surface area (Å²) in [4.78, 5) is 23.8. The Balaban J connectivity index is 0.000000242. The first-order chi connectivity index (χ1) is 12.2. The average Bonchev–Trinajstić information content (AvgIpc) is 3.26. The molecule has 2 heterocycles. The molecule has 4 aliphatic rings. The molecule has 0 aromatic rings. The van der Waals surface area contributed by atoms with Crippen molar-refractivity contribution in [1.29, 1.82) is 0 Å². The summed E-state index contributed by atoms with van der Waals surface area (Å²) in [5, 5.41) is 10.3. The number of aliphatic carboxylic acids is 1. The van der Waals surface area contributed by atoms with E-state index in [1.54, 1.807) is 0 Å². The Labute approximate surface area is 150 Å². The SMILES string of the molecule is O=C(NC1CCC1)[C@H]1C[C@@H]2CN(CC3CC3)C[C@H]1O2.O=C(O)C(F)(F)F. The minimum Gasteiger partial charge on any atom is -0.475 e. The van der Waals surface area contributed by atoms with Gasteiger partial charge in [0.25, 0.3) is 0 Å². The molecule has 9 heteroatoms. The molecule has 0 aromatic heterocycles. The molecular weight excluding hydrogens is 353 g/mol. The lowest BCUT2D eigenvalue weighted by Crippen LogP contribution is -2.48. The Kier molecular flexibility index (Phi) is 5.76. The molecule has 0 aromatic carbocycles. The highest BCUT2D eigenvalue weighted by Gasteiger charge is 2.45. The Morgan fingerprint density at radius 3 is 2.31 bits per heavy atom. The van der Waals surface area contributed by atoms with Gasteiger partial charge in [0.05, 0.1) is 18.1 Å². The van der Waals surface area contributed by atoms with E-state index >= 15 is 0 Å². The van der Waals surface area contributed by atoms with Gasteiger partial charge in [-0.1, -0.05) is 0 Å². The standard InChI is InChI=1S/C15H24N2O2.C2HF3O2/c18-15(16-11-2-1-3-11)13-6-12-8-17(7-10-4-5-10)9-14(13)19-12;3-2(4,5)1(6)7/h10-14H,1-9H2,(H,16,18);(H,6,7)/t12-,13+,14-;/m1./s1. The van der Waals surface area contributed by atoms with Crippen molar-refractivity contribution in [3.63, 3.8) is 0 Å². The summed E-state index contributed by atoms with van der Waals surface area (Å²) in [7, 11) is 0. The number of nitrogens with one attached hydrogen (secondary N) is 1. The minimum absolute atomic E-state index is 0.106. The molecule has 2 bridgehead atoms. The maximum atomic E-state index is 12.3. The van der Waals surface area contributed by atoms with Crippen molar-refractivity contribution >= 4 is 11.9 Å². The number of fused-ring (bicyclic) bond motifs is 2. The smallest absolute Gasteiger partial charge is 0.475 e. The summed E-state index contributed by atoms with van der Waals surface area (Å²) in [6, 6.07) is 0.454. The van der Waals surface area contributed by atoms with Gasteiger partial charge in [0.1, 0.15) is 0 Å². The van der Waals surface area contributed by atoms with Crippen LogP contribution in [-0.2, 0) is 14.3 Å². The maximum absolute atomic E-state index is 12.3. The van der Waals surface area contributed by atoms with Crippen LogP contribution in [0.5, 0.6) is 0 Å². The summed E-state index contributed by atoms with van der Waals surface area (Å²) >= 11 is 0. The molecule has 0 radical (unpaired) electrons. The second kappa shape index (κ2) is 7.72. The van der Waals surface area contributed by atoms with Gasteiger partial charge in [-0.05, 0) is 44.4 Å². The molecule has 0 spiro atoms. The molecule has 2 aliphatic heterocycles. The number of rotatable bonds is 4. The van der Waals surface area contributed by atoms with Crippen LogP contribution in [0.15, 0.2) is 0 Å². The number of hydrogen-bond acceptors (Lipinski definition) is 4. The molecule has 148 valence electrons. The van der Waals surface area contributed by atoms with E-state index in [1.807, 2.05) is 0 Å². The lowest BCUT2D eigenvalue weighted by molar-refractivity contribution is -0.192. The van der Waals surface area contributed by atoms with Crippen molar-refractivity contribution in [3.8, 4) is 0 Å². The highest BCUT2D eigenvalue weighted by Crippen LogP contribution is 2.36. The number of nitrogens with zero attached hydrogens (tertiary/aromatic N) is 1. The van der Waals surface area contributed by atoms with Gasteiger partial charge in [-0.2, -0.15) is 13.2 Å². The molecule has 3 atom stereocenters. The average molecular weight is 378 g/mol. The van der Waals surface area contributed by atoms with Crippen molar-refractivity contribution in [2.75, 3.05) is 19.6 Å².